The molecule has 4 rings (SSSR count). The minimum Gasteiger partial charge on any atom is -0.341 e. The Morgan fingerprint density at radius 3 is 2.06 bits per heavy atom. The molecule has 0 radical (unpaired) electrons. The Hall–Kier alpha value is -3.93. The van der Waals surface area contributed by atoms with E-state index in [1.807, 2.05) is 41.3 Å². The Labute approximate surface area is 200 Å². The fourth-order valence-corrected chi connectivity index (χ4v) is 4.19. The molecule has 0 aliphatic carbocycles. The minimum atomic E-state index is -0.689. The summed E-state index contributed by atoms with van der Waals surface area (Å²) in [4.78, 5) is 41.2. The van der Waals surface area contributed by atoms with Gasteiger partial charge in [0.2, 0.25) is 5.91 Å². The molecule has 1 fully saturated rings. The van der Waals surface area contributed by atoms with Gasteiger partial charge in [-0.3, -0.25) is 14.4 Å². The van der Waals surface area contributed by atoms with Crippen molar-refractivity contribution in [2.75, 3.05) is 18.4 Å². The zero-order valence-electron chi connectivity index (χ0n) is 19.1. The van der Waals surface area contributed by atoms with Crippen molar-refractivity contribution < 1.29 is 14.4 Å². The number of nitrogens with zero attached hydrogens (tertiary/aromatic N) is 1. The molecule has 2 N–H and O–H groups in total. The molecule has 1 aliphatic rings. The Bertz CT molecular complexity index is 1130. The third-order valence-corrected chi connectivity index (χ3v) is 6.01. The molecule has 0 spiro atoms. The van der Waals surface area contributed by atoms with E-state index in [4.69, 9.17) is 0 Å². The first-order chi connectivity index (χ1) is 16.6. The van der Waals surface area contributed by atoms with Crippen LogP contribution in [0.4, 0.5) is 5.69 Å². The number of carbonyl (C=O) groups excluding carboxylic acids is 3. The molecule has 1 unspecified atom stereocenters. The second-order valence-electron chi connectivity index (χ2n) is 8.47. The van der Waals surface area contributed by atoms with Crippen LogP contribution in [-0.4, -0.2) is 41.8 Å². The number of hydrogen-bond acceptors (Lipinski definition) is 3. The quantitative estimate of drug-likeness (QED) is 0.558. The number of hydrogen-bond donors (Lipinski definition) is 2. The molecule has 0 bridgehead atoms. The standard InChI is InChI=1S/C28H29N3O3/c32-26(22-14-6-2-7-15-22)29-24-17-9-8-16-23(24)27(33)30-25(20-21-12-4-1-5-13-21)28(34)31-18-10-3-11-19-31/h1-2,4-9,12-17,25H,3,10-11,18-20H2,(H,29,32)(H,30,33). The lowest BCUT2D eigenvalue weighted by Crippen LogP contribution is -2.51. The maximum atomic E-state index is 13.4. The first kappa shape index (κ1) is 23.2. The topological polar surface area (TPSA) is 78.5 Å². The molecule has 1 aliphatic heterocycles. The average Bonchev–Trinajstić information content (AvgIpc) is 2.89. The van der Waals surface area contributed by atoms with E-state index in [-0.39, 0.29) is 11.8 Å². The fourth-order valence-electron chi connectivity index (χ4n) is 4.19. The fraction of sp³-hybridized carbons (Fsp3) is 0.250. The van der Waals surface area contributed by atoms with Gasteiger partial charge < -0.3 is 15.5 Å². The van der Waals surface area contributed by atoms with Crippen molar-refractivity contribution in [2.45, 2.75) is 31.7 Å². The molecule has 0 aromatic heterocycles. The molecule has 6 heteroatoms. The predicted octanol–water partition coefficient (Wildman–Crippen LogP) is 4.29. The normalized spacial score (nSPS) is 14.2. The summed E-state index contributed by atoms with van der Waals surface area (Å²) in [5.41, 5.74) is 2.19. The Kier molecular flexibility index (Phi) is 7.71. The van der Waals surface area contributed by atoms with Gasteiger partial charge in [-0.15, -0.1) is 0 Å². The van der Waals surface area contributed by atoms with Crippen molar-refractivity contribution in [1.29, 1.82) is 0 Å². The third-order valence-electron chi connectivity index (χ3n) is 6.01. The summed E-state index contributed by atoms with van der Waals surface area (Å²) in [6.07, 6.45) is 3.48. The summed E-state index contributed by atoms with van der Waals surface area (Å²) in [5, 5.41) is 5.78. The number of amides is 3. The molecule has 6 nitrogen and oxygen atoms in total. The maximum absolute atomic E-state index is 13.4. The van der Waals surface area contributed by atoms with Gasteiger partial charge in [0.1, 0.15) is 6.04 Å². The van der Waals surface area contributed by atoms with Gasteiger partial charge in [-0.25, -0.2) is 0 Å². The van der Waals surface area contributed by atoms with E-state index in [2.05, 4.69) is 10.6 Å². The van der Waals surface area contributed by atoms with Crippen LogP contribution >= 0.6 is 0 Å². The highest BCUT2D eigenvalue weighted by Gasteiger charge is 2.28. The third kappa shape index (κ3) is 5.90. The molecule has 174 valence electrons. The van der Waals surface area contributed by atoms with Crippen molar-refractivity contribution in [2.24, 2.45) is 0 Å². The molecule has 3 amide bonds. The van der Waals surface area contributed by atoms with Crippen LogP contribution in [0.2, 0.25) is 0 Å². The van der Waals surface area contributed by atoms with Gasteiger partial charge in [-0.2, -0.15) is 0 Å². The zero-order chi connectivity index (χ0) is 23.8. The van der Waals surface area contributed by atoms with Crippen LogP contribution in [0.15, 0.2) is 84.9 Å². The van der Waals surface area contributed by atoms with E-state index in [9.17, 15) is 14.4 Å². The second kappa shape index (κ2) is 11.3. The first-order valence-corrected chi connectivity index (χ1v) is 11.7. The van der Waals surface area contributed by atoms with Crippen LogP contribution < -0.4 is 10.6 Å². The van der Waals surface area contributed by atoms with E-state index in [1.54, 1.807) is 48.5 Å². The molecular formula is C28H29N3O3. The van der Waals surface area contributed by atoms with Gasteiger partial charge in [-0.05, 0) is 49.1 Å². The van der Waals surface area contributed by atoms with E-state index < -0.39 is 11.9 Å². The molecule has 3 aromatic rings. The lowest BCUT2D eigenvalue weighted by atomic mass is 10.0. The Morgan fingerprint density at radius 1 is 0.735 bits per heavy atom. The van der Waals surface area contributed by atoms with E-state index >= 15 is 0 Å². The number of benzene rings is 3. The number of nitrogens with one attached hydrogen (secondary N) is 2. The van der Waals surface area contributed by atoms with Crippen molar-refractivity contribution in [3.05, 3.63) is 102 Å². The van der Waals surface area contributed by atoms with Crippen LogP contribution in [0.25, 0.3) is 0 Å². The number of anilines is 1. The van der Waals surface area contributed by atoms with Crippen molar-refractivity contribution in [3.63, 3.8) is 0 Å². The highest BCUT2D eigenvalue weighted by Crippen LogP contribution is 2.18. The molecule has 3 aromatic carbocycles. The van der Waals surface area contributed by atoms with Crippen LogP contribution in [0, 0.1) is 0 Å². The molecule has 1 heterocycles. The smallest absolute Gasteiger partial charge is 0.255 e. The summed E-state index contributed by atoms with van der Waals surface area (Å²) in [5.74, 6) is -0.760. The van der Waals surface area contributed by atoms with Gasteiger partial charge >= 0.3 is 0 Å². The van der Waals surface area contributed by atoms with Crippen LogP contribution in [0.1, 0.15) is 45.5 Å². The summed E-state index contributed by atoms with van der Waals surface area (Å²) in [6, 6.07) is 24.7. The number of likely N-dealkylation sites (tertiary alicyclic amines) is 1. The molecule has 1 atom stereocenters. The van der Waals surface area contributed by atoms with Crippen molar-refractivity contribution in [3.8, 4) is 0 Å². The van der Waals surface area contributed by atoms with E-state index in [0.717, 1.165) is 24.8 Å². The number of carbonyl (C=O) groups is 3. The van der Waals surface area contributed by atoms with Gasteiger partial charge in [0.05, 0.1) is 11.3 Å². The van der Waals surface area contributed by atoms with Gasteiger partial charge in [-0.1, -0.05) is 60.7 Å². The number of piperidine rings is 1. The Balaban J connectivity index is 1.54. The molecule has 1 saturated heterocycles. The van der Waals surface area contributed by atoms with E-state index in [1.165, 1.54) is 0 Å². The van der Waals surface area contributed by atoms with Gasteiger partial charge in [0.15, 0.2) is 0 Å². The van der Waals surface area contributed by atoms with Crippen molar-refractivity contribution >= 4 is 23.4 Å². The minimum absolute atomic E-state index is 0.0669. The predicted molar refractivity (Wildman–Crippen MR) is 133 cm³/mol. The largest absolute Gasteiger partial charge is 0.341 e. The second-order valence-corrected chi connectivity index (χ2v) is 8.47. The monoisotopic (exact) mass is 455 g/mol. The zero-order valence-corrected chi connectivity index (χ0v) is 19.1. The summed E-state index contributed by atoms with van der Waals surface area (Å²) in [7, 11) is 0. The van der Waals surface area contributed by atoms with Crippen LogP contribution in [0.3, 0.4) is 0 Å². The molecule has 34 heavy (non-hydrogen) atoms. The summed E-state index contributed by atoms with van der Waals surface area (Å²) < 4.78 is 0. The summed E-state index contributed by atoms with van der Waals surface area (Å²) in [6.45, 7) is 1.42. The highest BCUT2D eigenvalue weighted by molar-refractivity contribution is 6.09. The lowest BCUT2D eigenvalue weighted by Gasteiger charge is -2.31. The summed E-state index contributed by atoms with van der Waals surface area (Å²) >= 11 is 0. The molecular weight excluding hydrogens is 426 g/mol. The van der Waals surface area contributed by atoms with Crippen LogP contribution in [-0.2, 0) is 11.2 Å². The van der Waals surface area contributed by atoms with Crippen molar-refractivity contribution in [1.82, 2.24) is 10.2 Å². The Morgan fingerprint density at radius 2 is 1.35 bits per heavy atom. The molecule has 0 saturated carbocycles. The first-order valence-electron chi connectivity index (χ1n) is 11.7. The van der Waals surface area contributed by atoms with Crippen LogP contribution in [0.5, 0.6) is 0 Å². The van der Waals surface area contributed by atoms with Gasteiger partial charge in [0, 0.05) is 25.1 Å². The highest BCUT2D eigenvalue weighted by atomic mass is 16.2. The SMILES string of the molecule is O=C(Nc1ccccc1C(=O)NC(Cc1ccccc1)C(=O)N1CCCCC1)c1ccccc1. The van der Waals surface area contributed by atoms with E-state index in [0.29, 0.717) is 36.3 Å². The average molecular weight is 456 g/mol. The lowest BCUT2D eigenvalue weighted by molar-refractivity contribution is -0.134. The van der Waals surface area contributed by atoms with Gasteiger partial charge in [0.25, 0.3) is 11.8 Å². The maximum Gasteiger partial charge on any atom is 0.255 e. The number of rotatable bonds is 7. The number of para-hydroxylation sites is 1.